The fraction of sp³-hybridized carbons (Fsp3) is 0.190. The van der Waals surface area contributed by atoms with Crippen molar-refractivity contribution < 1.29 is 0 Å². The summed E-state index contributed by atoms with van der Waals surface area (Å²) in [7, 11) is 0. The van der Waals surface area contributed by atoms with E-state index in [1.54, 1.807) is 0 Å². The summed E-state index contributed by atoms with van der Waals surface area (Å²) in [6.07, 6.45) is 0. The van der Waals surface area contributed by atoms with Crippen LogP contribution in [-0.2, 0) is 10.8 Å². The molecule has 5 nitrogen and oxygen atoms in total. The molecule has 0 saturated heterocycles. The van der Waals surface area contributed by atoms with E-state index in [0.717, 1.165) is 27.8 Å². The zero-order chi connectivity index (χ0) is 32.9. The van der Waals surface area contributed by atoms with Gasteiger partial charge in [-0.2, -0.15) is 5.26 Å². The van der Waals surface area contributed by atoms with Gasteiger partial charge in [-0.05, 0) is 64.4 Å². The first kappa shape index (κ1) is 30.1. The third-order valence-corrected chi connectivity index (χ3v) is 8.82. The van der Waals surface area contributed by atoms with Gasteiger partial charge in [0.05, 0.1) is 22.7 Å². The summed E-state index contributed by atoms with van der Waals surface area (Å²) < 4.78 is 2.27. The Labute approximate surface area is 276 Å². The van der Waals surface area contributed by atoms with Gasteiger partial charge in [0.2, 0.25) is 0 Å². The molecule has 7 aromatic rings. The highest BCUT2D eigenvalue weighted by Gasteiger charge is 2.22. The Hall–Kier alpha value is -5.60. The molecule has 0 atom stereocenters. The summed E-state index contributed by atoms with van der Waals surface area (Å²) in [4.78, 5) is 14.6. The van der Waals surface area contributed by atoms with E-state index >= 15 is 0 Å². The zero-order valence-electron chi connectivity index (χ0n) is 27.7. The lowest BCUT2D eigenvalue weighted by Crippen LogP contribution is -2.10. The van der Waals surface area contributed by atoms with E-state index in [1.807, 2.05) is 72.8 Å². The standard InChI is InChI=1S/C42H37N5/c1-41(2,3)30-17-21-36-34(24-30)35-25-31(42(4,5)6)18-22-37(35)47(36)32-19-20-33(29(23-32)26-43)40-45-38(27-13-9-7-10-14-27)44-39(46-40)28-15-11-8-12-16-28/h7-25H,1-6H3. The number of fused-ring (bicyclic) bond motifs is 3. The Morgan fingerprint density at radius 2 is 1.00 bits per heavy atom. The number of hydrogen-bond donors (Lipinski definition) is 0. The first-order valence-electron chi connectivity index (χ1n) is 16.0. The Balaban J connectivity index is 1.44. The van der Waals surface area contributed by atoms with E-state index in [2.05, 4.69) is 94.6 Å². The number of aromatic nitrogens is 4. The van der Waals surface area contributed by atoms with Gasteiger partial charge in [-0.15, -0.1) is 0 Å². The van der Waals surface area contributed by atoms with Crippen molar-refractivity contribution in [3.63, 3.8) is 0 Å². The van der Waals surface area contributed by atoms with Crippen molar-refractivity contribution in [1.29, 1.82) is 5.26 Å². The molecule has 2 heterocycles. The van der Waals surface area contributed by atoms with E-state index < -0.39 is 0 Å². The van der Waals surface area contributed by atoms with E-state index in [-0.39, 0.29) is 10.8 Å². The highest BCUT2D eigenvalue weighted by molar-refractivity contribution is 6.10. The van der Waals surface area contributed by atoms with Crippen molar-refractivity contribution in [3.05, 3.63) is 132 Å². The van der Waals surface area contributed by atoms with Gasteiger partial charge in [0.25, 0.3) is 0 Å². The molecule has 0 unspecified atom stereocenters. The molecular weight excluding hydrogens is 574 g/mol. The maximum atomic E-state index is 10.5. The van der Waals surface area contributed by atoms with Crippen molar-refractivity contribution in [1.82, 2.24) is 19.5 Å². The minimum atomic E-state index is 0.0155. The predicted octanol–water partition coefficient (Wildman–Crippen LogP) is 10.4. The lowest BCUT2D eigenvalue weighted by Gasteiger charge is -2.19. The third kappa shape index (κ3) is 5.57. The van der Waals surface area contributed by atoms with Crippen LogP contribution in [0.25, 0.3) is 61.7 Å². The van der Waals surface area contributed by atoms with Crippen molar-refractivity contribution in [2.24, 2.45) is 0 Å². The first-order chi connectivity index (χ1) is 22.5. The van der Waals surface area contributed by atoms with Gasteiger partial charge in [-0.25, -0.2) is 15.0 Å². The summed E-state index contributed by atoms with van der Waals surface area (Å²) in [5.41, 5.74) is 8.67. The predicted molar refractivity (Wildman–Crippen MR) is 193 cm³/mol. The number of nitrogens with zero attached hydrogens (tertiary/aromatic N) is 5. The molecule has 230 valence electrons. The number of nitriles is 1. The smallest absolute Gasteiger partial charge is 0.165 e. The molecule has 0 bridgehead atoms. The monoisotopic (exact) mass is 611 g/mol. The largest absolute Gasteiger partial charge is 0.309 e. The summed E-state index contributed by atoms with van der Waals surface area (Å²) in [5.74, 6) is 1.59. The molecule has 0 amide bonds. The maximum Gasteiger partial charge on any atom is 0.165 e. The first-order valence-corrected chi connectivity index (χ1v) is 16.0. The molecule has 5 heteroatoms. The van der Waals surface area contributed by atoms with Crippen molar-refractivity contribution >= 4 is 21.8 Å². The van der Waals surface area contributed by atoms with Crippen LogP contribution in [0.4, 0.5) is 0 Å². The molecule has 0 saturated carbocycles. The quantitative estimate of drug-likeness (QED) is 0.199. The average molecular weight is 612 g/mol. The molecule has 0 aliphatic carbocycles. The summed E-state index contributed by atoms with van der Waals surface area (Å²) in [5, 5.41) is 12.9. The number of hydrogen-bond acceptors (Lipinski definition) is 4. The Kier molecular flexibility index (Phi) is 7.25. The normalized spacial score (nSPS) is 12.0. The Bertz CT molecular complexity index is 2180. The van der Waals surface area contributed by atoms with Crippen LogP contribution >= 0.6 is 0 Å². The number of benzene rings is 5. The van der Waals surface area contributed by atoms with Gasteiger partial charge in [0, 0.05) is 33.2 Å². The fourth-order valence-corrected chi connectivity index (χ4v) is 6.12. The second kappa shape index (κ2) is 11.3. The van der Waals surface area contributed by atoms with E-state index in [0.29, 0.717) is 28.6 Å². The Morgan fingerprint density at radius 3 is 1.45 bits per heavy atom. The van der Waals surface area contributed by atoms with Gasteiger partial charge in [0.1, 0.15) is 0 Å². The van der Waals surface area contributed by atoms with Crippen molar-refractivity contribution in [2.45, 2.75) is 52.4 Å². The second-order valence-electron chi connectivity index (χ2n) is 14.2. The van der Waals surface area contributed by atoms with Gasteiger partial charge < -0.3 is 4.57 Å². The lowest BCUT2D eigenvalue weighted by atomic mass is 9.85. The Morgan fingerprint density at radius 1 is 0.532 bits per heavy atom. The topological polar surface area (TPSA) is 67.4 Å². The molecule has 47 heavy (non-hydrogen) atoms. The van der Waals surface area contributed by atoms with Gasteiger partial charge in [-0.1, -0.05) is 114 Å². The average Bonchev–Trinajstić information content (AvgIpc) is 3.41. The molecule has 2 aromatic heterocycles. The fourth-order valence-electron chi connectivity index (χ4n) is 6.12. The van der Waals surface area contributed by atoms with Crippen LogP contribution in [0, 0.1) is 11.3 Å². The minimum Gasteiger partial charge on any atom is -0.309 e. The van der Waals surface area contributed by atoms with Crippen LogP contribution in [0.5, 0.6) is 0 Å². The summed E-state index contributed by atoms with van der Waals surface area (Å²) in [6.45, 7) is 13.5. The number of rotatable bonds is 4. The second-order valence-corrected chi connectivity index (χ2v) is 14.2. The molecule has 0 fully saturated rings. The minimum absolute atomic E-state index is 0.0155. The van der Waals surface area contributed by atoms with Gasteiger partial charge in [-0.3, -0.25) is 0 Å². The summed E-state index contributed by atoms with van der Waals surface area (Å²) in [6, 6.07) is 41.8. The van der Waals surface area contributed by atoms with E-state index in [4.69, 9.17) is 15.0 Å². The van der Waals surface area contributed by atoms with Gasteiger partial charge >= 0.3 is 0 Å². The molecule has 0 N–H and O–H groups in total. The molecular formula is C42H37N5. The molecule has 0 radical (unpaired) electrons. The van der Waals surface area contributed by atoms with Crippen LogP contribution < -0.4 is 0 Å². The third-order valence-electron chi connectivity index (χ3n) is 8.82. The van der Waals surface area contributed by atoms with Crippen molar-refractivity contribution in [2.75, 3.05) is 0 Å². The molecule has 0 spiro atoms. The zero-order valence-corrected chi connectivity index (χ0v) is 27.7. The van der Waals surface area contributed by atoms with Crippen molar-refractivity contribution in [3.8, 4) is 45.9 Å². The van der Waals surface area contributed by atoms with Crippen LogP contribution in [0.1, 0.15) is 58.2 Å². The van der Waals surface area contributed by atoms with Crippen LogP contribution in [0.3, 0.4) is 0 Å². The highest BCUT2D eigenvalue weighted by Crippen LogP contribution is 2.38. The molecule has 7 rings (SSSR count). The molecule has 5 aromatic carbocycles. The van der Waals surface area contributed by atoms with Gasteiger partial charge in [0.15, 0.2) is 17.5 Å². The lowest BCUT2D eigenvalue weighted by molar-refractivity contribution is 0.590. The molecule has 0 aliphatic rings. The van der Waals surface area contributed by atoms with Crippen LogP contribution in [-0.4, -0.2) is 19.5 Å². The summed E-state index contributed by atoms with van der Waals surface area (Å²) >= 11 is 0. The van der Waals surface area contributed by atoms with Crippen LogP contribution in [0.15, 0.2) is 115 Å². The maximum absolute atomic E-state index is 10.5. The molecule has 0 aliphatic heterocycles. The van der Waals surface area contributed by atoms with Crippen LogP contribution in [0.2, 0.25) is 0 Å². The van der Waals surface area contributed by atoms with E-state index in [9.17, 15) is 5.26 Å². The SMILES string of the molecule is CC(C)(C)c1ccc2c(c1)c1cc(C(C)(C)C)ccc1n2-c1ccc(-c2nc(-c3ccccc3)nc(-c3ccccc3)n2)c(C#N)c1. The highest BCUT2D eigenvalue weighted by atomic mass is 15.0. The van der Waals surface area contributed by atoms with E-state index in [1.165, 1.54) is 21.9 Å².